The molecule has 1 aromatic carbocycles. The molecule has 24 heavy (non-hydrogen) atoms. The van der Waals surface area contributed by atoms with Crippen molar-refractivity contribution in [1.82, 2.24) is 4.90 Å². The van der Waals surface area contributed by atoms with Gasteiger partial charge in [-0.15, -0.1) is 0 Å². The lowest BCUT2D eigenvalue weighted by Gasteiger charge is -2.34. The summed E-state index contributed by atoms with van der Waals surface area (Å²) >= 11 is 0. The van der Waals surface area contributed by atoms with Crippen LogP contribution >= 0.6 is 0 Å². The van der Waals surface area contributed by atoms with Gasteiger partial charge in [-0.2, -0.15) is 0 Å². The minimum absolute atomic E-state index is 0.133. The minimum atomic E-state index is -0.241. The number of rotatable bonds is 5. The van der Waals surface area contributed by atoms with Gasteiger partial charge in [0.05, 0.1) is 12.2 Å². The number of aryl methyl sites for hydroxylation is 1. The lowest BCUT2D eigenvalue weighted by Crippen LogP contribution is -2.43. The van der Waals surface area contributed by atoms with E-state index in [2.05, 4.69) is 0 Å². The zero-order valence-electron chi connectivity index (χ0n) is 14.1. The van der Waals surface area contributed by atoms with E-state index < -0.39 is 0 Å². The Hall–Kier alpha value is -2.07. The minimum Gasteiger partial charge on any atom is -0.469 e. The van der Waals surface area contributed by atoms with Crippen molar-refractivity contribution in [2.45, 2.75) is 32.1 Å². The molecule has 1 aliphatic rings. The molecule has 0 spiro atoms. The van der Waals surface area contributed by atoms with E-state index in [1.807, 2.05) is 48.2 Å². The van der Waals surface area contributed by atoms with Gasteiger partial charge in [0.15, 0.2) is 0 Å². The number of carbonyl (C=O) groups is 1. The normalized spacial score (nSPS) is 19.2. The molecular weight excluding hydrogens is 302 g/mol. The molecule has 4 nitrogen and oxygen atoms in total. The van der Waals surface area contributed by atoms with Crippen LogP contribution in [-0.4, -0.2) is 35.6 Å². The first-order valence-electron chi connectivity index (χ1n) is 8.66. The first-order valence-corrected chi connectivity index (χ1v) is 8.66. The van der Waals surface area contributed by atoms with E-state index in [1.54, 1.807) is 6.26 Å². The van der Waals surface area contributed by atoms with Gasteiger partial charge >= 0.3 is 0 Å². The third-order valence-corrected chi connectivity index (χ3v) is 4.85. The first-order chi connectivity index (χ1) is 11.7. The largest absolute Gasteiger partial charge is 0.469 e. The maximum absolute atomic E-state index is 13.2. The van der Waals surface area contributed by atoms with Gasteiger partial charge in [-0.3, -0.25) is 4.79 Å². The fourth-order valence-corrected chi connectivity index (χ4v) is 3.41. The Morgan fingerprint density at radius 2 is 2.12 bits per heavy atom. The summed E-state index contributed by atoms with van der Waals surface area (Å²) in [5.41, 5.74) is 2.20. The predicted molar refractivity (Wildman–Crippen MR) is 92.7 cm³/mol. The summed E-state index contributed by atoms with van der Waals surface area (Å²) in [5.74, 6) is 0.914. The Balaban J connectivity index is 1.82. The second kappa shape index (κ2) is 7.67. The van der Waals surface area contributed by atoms with Crippen LogP contribution in [0.1, 0.15) is 35.6 Å². The van der Waals surface area contributed by atoms with Crippen LogP contribution < -0.4 is 0 Å². The van der Waals surface area contributed by atoms with E-state index in [0.29, 0.717) is 13.0 Å². The molecule has 1 aliphatic heterocycles. The van der Waals surface area contributed by atoms with Crippen LogP contribution in [0.4, 0.5) is 0 Å². The second-order valence-corrected chi connectivity index (χ2v) is 6.72. The summed E-state index contributed by atoms with van der Waals surface area (Å²) in [6.07, 6.45) is 4.16. The van der Waals surface area contributed by atoms with Gasteiger partial charge in [-0.1, -0.05) is 29.8 Å². The Bertz CT molecular complexity index is 648. The highest BCUT2D eigenvalue weighted by Crippen LogP contribution is 2.27. The van der Waals surface area contributed by atoms with Crippen LogP contribution in [0.5, 0.6) is 0 Å². The molecule has 1 amide bonds. The predicted octanol–water partition coefficient (Wildman–Crippen LogP) is 3.15. The molecule has 128 valence electrons. The van der Waals surface area contributed by atoms with Crippen LogP contribution in [0.15, 0.2) is 47.1 Å². The van der Waals surface area contributed by atoms with E-state index in [1.165, 1.54) is 5.56 Å². The monoisotopic (exact) mass is 327 g/mol. The van der Waals surface area contributed by atoms with Crippen LogP contribution in [-0.2, 0) is 11.2 Å². The molecule has 0 saturated carbocycles. The molecule has 1 fully saturated rings. The number of amides is 1. The van der Waals surface area contributed by atoms with Crippen molar-refractivity contribution in [1.29, 1.82) is 0 Å². The number of aliphatic hydroxyl groups excluding tert-OH is 1. The zero-order chi connectivity index (χ0) is 16.9. The molecule has 0 bridgehead atoms. The smallest absolute Gasteiger partial charge is 0.230 e. The van der Waals surface area contributed by atoms with Crippen LogP contribution in [0.25, 0.3) is 0 Å². The van der Waals surface area contributed by atoms with Gasteiger partial charge in [0.1, 0.15) is 5.76 Å². The summed E-state index contributed by atoms with van der Waals surface area (Å²) in [6.45, 7) is 3.62. The Labute approximate surface area is 143 Å². The quantitative estimate of drug-likeness (QED) is 0.918. The Kier molecular flexibility index (Phi) is 5.36. The molecule has 2 atom stereocenters. The van der Waals surface area contributed by atoms with Crippen molar-refractivity contribution >= 4 is 5.91 Å². The highest BCUT2D eigenvalue weighted by Gasteiger charge is 2.30. The van der Waals surface area contributed by atoms with Gasteiger partial charge in [-0.25, -0.2) is 0 Å². The van der Waals surface area contributed by atoms with Crippen molar-refractivity contribution in [2.24, 2.45) is 5.92 Å². The fourth-order valence-electron chi connectivity index (χ4n) is 3.41. The van der Waals surface area contributed by atoms with Crippen LogP contribution in [0.3, 0.4) is 0 Å². The highest BCUT2D eigenvalue weighted by molar-refractivity contribution is 5.84. The Morgan fingerprint density at radius 1 is 1.33 bits per heavy atom. The van der Waals surface area contributed by atoms with Crippen molar-refractivity contribution in [3.8, 4) is 0 Å². The first kappa shape index (κ1) is 16.8. The van der Waals surface area contributed by atoms with Gasteiger partial charge in [0.2, 0.25) is 5.91 Å². The van der Waals surface area contributed by atoms with E-state index in [0.717, 1.165) is 30.7 Å². The molecule has 1 aromatic heterocycles. The molecule has 4 heteroatoms. The number of hydrogen-bond donors (Lipinski definition) is 1. The van der Waals surface area contributed by atoms with E-state index in [4.69, 9.17) is 4.42 Å². The van der Waals surface area contributed by atoms with Crippen molar-refractivity contribution < 1.29 is 14.3 Å². The number of nitrogens with zero attached hydrogens (tertiary/aromatic N) is 1. The third-order valence-electron chi connectivity index (χ3n) is 4.85. The summed E-state index contributed by atoms with van der Waals surface area (Å²) in [4.78, 5) is 15.1. The summed E-state index contributed by atoms with van der Waals surface area (Å²) in [6, 6.07) is 11.9. The zero-order valence-corrected chi connectivity index (χ0v) is 14.1. The number of aliphatic hydroxyl groups is 1. The third kappa shape index (κ3) is 3.88. The highest BCUT2D eigenvalue weighted by atomic mass is 16.3. The molecule has 2 aromatic rings. The van der Waals surface area contributed by atoms with Crippen molar-refractivity contribution in [3.63, 3.8) is 0 Å². The van der Waals surface area contributed by atoms with Crippen molar-refractivity contribution in [3.05, 3.63) is 59.5 Å². The summed E-state index contributed by atoms with van der Waals surface area (Å²) in [7, 11) is 0. The molecular formula is C20H25NO3. The average Bonchev–Trinajstić information content (AvgIpc) is 3.13. The second-order valence-electron chi connectivity index (χ2n) is 6.72. The van der Waals surface area contributed by atoms with Gasteiger partial charge in [0.25, 0.3) is 0 Å². The SMILES string of the molecule is Cc1ccc(C(Cc2ccco2)C(=O)N2CCCC(CO)C2)cc1. The summed E-state index contributed by atoms with van der Waals surface area (Å²) < 4.78 is 5.48. The van der Waals surface area contributed by atoms with Gasteiger partial charge in [-0.05, 0) is 43.4 Å². The lowest BCUT2D eigenvalue weighted by atomic mass is 9.90. The molecule has 1 N–H and O–H groups in total. The average molecular weight is 327 g/mol. The fraction of sp³-hybridized carbons (Fsp3) is 0.450. The number of benzene rings is 1. The number of carbonyl (C=O) groups excluding carboxylic acids is 1. The van der Waals surface area contributed by atoms with Gasteiger partial charge in [0, 0.05) is 26.1 Å². The molecule has 0 radical (unpaired) electrons. The van der Waals surface area contributed by atoms with E-state index >= 15 is 0 Å². The van der Waals surface area contributed by atoms with E-state index in [-0.39, 0.29) is 24.3 Å². The van der Waals surface area contributed by atoms with Gasteiger partial charge < -0.3 is 14.4 Å². The van der Waals surface area contributed by atoms with Crippen LogP contribution in [0, 0.1) is 12.8 Å². The summed E-state index contributed by atoms with van der Waals surface area (Å²) in [5, 5.41) is 9.43. The molecule has 1 saturated heterocycles. The number of likely N-dealkylation sites (tertiary alicyclic amines) is 1. The van der Waals surface area contributed by atoms with Crippen LogP contribution in [0.2, 0.25) is 0 Å². The van der Waals surface area contributed by atoms with E-state index in [9.17, 15) is 9.90 Å². The molecule has 2 heterocycles. The molecule has 2 unspecified atom stereocenters. The Morgan fingerprint density at radius 3 is 2.79 bits per heavy atom. The molecule has 0 aliphatic carbocycles. The lowest BCUT2D eigenvalue weighted by molar-refractivity contribution is -0.135. The topological polar surface area (TPSA) is 53.7 Å². The standard InChI is InChI=1S/C20H25NO3/c1-15-6-8-17(9-7-15)19(12-18-5-3-11-24-18)20(23)21-10-2-4-16(13-21)14-22/h3,5-9,11,16,19,22H,2,4,10,12-14H2,1H3. The number of hydrogen-bond acceptors (Lipinski definition) is 3. The maximum atomic E-state index is 13.2. The van der Waals surface area contributed by atoms with Crippen molar-refractivity contribution in [2.75, 3.05) is 19.7 Å². The number of furan rings is 1. The maximum Gasteiger partial charge on any atom is 0.230 e. The molecule has 3 rings (SSSR count). The number of piperidine rings is 1.